The van der Waals surface area contributed by atoms with Crippen LogP contribution in [0.15, 0.2) is 0 Å². The molecule has 0 fully saturated rings. The van der Waals surface area contributed by atoms with E-state index in [0.717, 1.165) is 0 Å². The zero-order valence-corrected chi connectivity index (χ0v) is 20.7. The normalized spacial score (nSPS) is 10.3. The predicted octanol–water partition coefficient (Wildman–Crippen LogP) is 7.21. The molecule has 0 aliphatic rings. The molecular weight excluding hydrogens is 440 g/mol. The Morgan fingerprint density at radius 3 is 0.880 bits per heavy atom. The molecule has 0 aromatic rings. The van der Waals surface area contributed by atoms with Crippen molar-refractivity contribution < 1.29 is 0 Å². The summed E-state index contributed by atoms with van der Waals surface area (Å²) in [7, 11) is 0. The van der Waals surface area contributed by atoms with E-state index in [2.05, 4.69) is 24.5 Å². The van der Waals surface area contributed by atoms with Crippen molar-refractivity contribution in [3.8, 4) is 0 Å². The lowest BCUT2D eigenvalue weighted by atomic mass is 10.1. The summed E-state index contributed by atoms with van der Waals surface area (Å²) in [4.78, 5) is 0. The second kappa shape index (κ2) is 29.6. The van der Waals surface area contributed by atoms with Gasteiger partial charge in [0.25, 0.3) is 0 Å². The van der Waals surface area contributed by atoms with E-state index in [1.807, 2.05) is 0 Å². The van der Waals surface area contributed by atoms with E-state index in [9.17, 15) is 0 Å². The lowest BCUT2D eigenvalue weighted by Crippen LogP contribution is -2.17. The molecule has 0 aromatic heterocycles. The number of halogens is 2. The Bertz CT molecular complexity index is 184. The smallest absolute Gasteiger partial charge is 0.00489 e. The third-order valence-electron chi connectivity index (χ3n) is 4.62. The van der Waals surface area contributed by atoms with Crippen LogP contribution < -0.4 is 10.6 Å². The second-order valence-corrected chi connectivity index (χ2v) is 7.10. The molecular formula is C21H48Br2N2. The van der Waals surface area contributed by atoms with Crippen LogP contribution in [0.2, 0.25) is 0 Å². The molecule has 0 radical (unpaired) electrons. The van der Waals surface area contributed by atoms with Gasteiger partial charge in [0.15, 0.2) is 0 Å². The van der Waals surface area contributed by atoms with Crippen molar-refractivity contribution in [3.05, 3.63) is 0 Å². The fourth-order valence-corrected chi connectivity index (χ4v) is 2.99. The Labute approximate surface area is 180 Å². The highest BCUT2D eigenvalue weighted by atomic mass is 79.9. The fourth-order valence-electron chi connectivity index (χ4n) is 2.99. The van der Waals surface area contributed by atoms with Crippen LogP contribution in [0.5, 0.6) is 0 Å². The van der Waals surface area contributed by atoms with E-state index in [1.54, 1.807) is 0 Å². The Kier molecular flexibility index (Phi) is 36.3. The highest BCUT2D eigenvalue weighted by Gasteiger charge is 1.93. The number of hydrogen-bond acceptors (Lipinski definition) is 2. The molecule has 0 unspecified atom stereocenters. The van der Waals surface area contributed by atoms with Crippen molar-refractivity contribution in [2.24, 2.45) is 0 Å². The molecule has 0 heterocycles. The van der Waals surface area contributed by atoms with Crippen molar-refractivity contribution in [2.45, 2.75) is 110 Å². The van der Waals surface area contributed by atoms with Gasteiger partial charge in [-0.2, -0.15) is 0 Å². The molecule has 4 heteroatoms. The van der Waals surface area contributed by atoms with Gasteiger partial charge in [-0.05, 0) is 51.9 Å². The first kappa shape index (κ1) is 30.6. The van der Waals surface area contributed by atoms with E-state index >= 15 is 0 Å². The third-order valence-corrected chi connectivity index (χ3v) is 4.62. The summed E-state index contributed by atoms with van der Waals surface area (Å²) >= 11 is 0. The maximum absolute atomic E-state index is 3.59. The molecule has 0 saturated carbocycles. The standard InChI is InChI=1S/C21H46N2.2BrH/c1-3-5-7-10-14-18-22-20-16-12-9-13-17-21-23-19-15-11-8-6-4-2;;/h22-23H,3-21H2,1-2H3;2*1H. The van der Waals surface area contributed by atoms with Gasteiger partial charge in [0.1, 0.15) is 0 Å². The molecule has 0 amide bonds. The van der Waals surface area contributed by atoms with E-state index in [1.165, 1.54) is 122 Å². The fraction of sp³-hybridized carbons (Fsp3) is 1.00. The summed E-state index contributed by atoms with van der Waals surface area (Å²) in [5, 5.41) is 7.18. The van der Waals surface area contributed by atoms with Gasteiger partial charge in [-0.3, -0.25) is 0 Å². The summed E-state index contributed by atoms with van der Waals surface area (Å²) in [6, 6.07) is 0. The van der Waals surface area contributed by atoms with Crippen molar-refractivity contribution in [3.63, 3.8) is 0 Å². The van der Waals surface area contributed by atoms with Crippen LogP contribution in [0.25, 0.3) is 0 Å². The van der Waals surface area contributed by atoms with E-state index in [-0.39, 0.29) is 34.0 Å². The SMILES string of the molecule is Br.Br.CCCCCCCNCCCCCCCNCCCCCCC. The first-order chi connectivity index (χ1) is 11.4. The number of hydrogen-bond donors (Lipinski definition) is 2. The Morgan fingerprint density at radius 2 is 0.600 bits per heavy atom. The number of rotatable bonds is 20. The predicted molar refractivity (Wildman–Crippen MR) is 127 cm³/mol. The van der Waals surface area contributed by atoms with Crippen molar-refractivity contribution in [1.29, 1.82) is 0 Å². The largest absolute Gasteiger partial charge is 0.317 e. The summed E-state index contributed by atoms with van der Waals surface area (Å²) < 4.78 is 0. The molecule has 0 rings (SSSR count). The van der Waals surface area contributed by atoms with Gasteiger partial charge in [-0.1, -0.05) is 84.5 Å². The molecule has 0 saturated heterocycles. The zero-order chi connectivity index (χ0) is 16.8. The Hall–Kier alpha value is 0.880. The van der Waals surface area contributed by atoms with Gasteiger partial charge in [0.05, 0.1) is 0 Å². The average molecular weight is 488 g/mol. The quantitative estimate of drug-likeness (QED) is 0.177. The molecule has 0 atom stereocenters. The molecule has 156 valence electrons. The molecule has 25 heavy (non-hydrogen) atoms. The average Bonchev–Trinajstić information content (AvgIpc) is 2.57. The minimum Gasteiger partial charge on any atom is -0.317 e. The molecule has 0 spiro atoms. The first-order valence-corrected chi connectivity index (χ1v) is 10.8. The van der Waals surface area contributed by atoms with Crippen LogP contribution >= 0.6 is 34.0 Å². The Morgan fingerprint density at radius 1 is 0.360 bits per heavy atom. The van der Waals surface area contributed by atoms with Crippen LogP contribution in [0.1, 0.15) is 110 Å². The van der Waals surface area contributed by atoms with Crippen molar-refractivity contribution in [2.75, 3.05) is 26.2 Å². The zero-order valence-electron chi connectivity index (χ0n) is 17.3. The van der Waals surface area contributed by atoms with E-state index < -0.39 is 0 Å². The summed E-state index contributed by atoms with van der Waals surface area (Å²) in [6.07, 6.45) is 20.9. The molecule has 2 N–H and O–H groups in total. The van der Waals surface area contributed by atoms with E-state index in [4.69, 9.17) is 0 Å². The highest BCUT2D eigenvalue weighted by Crippen LogP contribution is 2.04. The van der Waals surface area contributed by atoms with Gasteiger partial charge in [-0.25, -0.2) is 0 Å². The number of nitrogens with one attached hydrogen (secondary N) is 2. The van der Waals surface area contributed by atoms with Crippen molar-refractivity contribution >= 4 is 34.0 Å². The third kappa shape index (κ3) is 29.9. The molecule has 0 aliphatic carbocycles. The molecule has 0 aliphatic heterocycles. The monoisotopic (exact) mass is 486 g/mol. The minimum absolute atomic E-state index is 0. The Balaban J connectivity index is -0.00000242. The topological polar surface area (TPSA) is 24.1 Å². The molecule has 0 bridgehead atoms. The first-order valence-electron chi connectivity index (χ1n) is 10.8. The van der Waals surface area contributed by atoms with Gasteiger partial charge >= 0.3 is 0 Å². The van der Waals surface area contributed by atoms with E-state index in [0.29, 0.717) is 0 Å². The number of unbranched alkanes of at least 4 members (excludes halogenated alkanes) is 12. The highest BCUT2D eigenvalue weighted by molar-refractivity contribution is 8.93. The van der Waals surface area contributed by atoms with Crippen LogP contribution in [-0.2, 0) is 0 Å². The van der Waals surface area contributed by atoms with Gasteiger partial charge in [-0.15, -0.1) is 34.0 Å². The van der Waals surface area contributed by atoms with Gasteiger partial charge < -0.3 is 10.6 Å². The maximum atomic E-state index is 3.59. The van der Waals surface area contributed by atoms with Crippen LogP contribution in [0, 0.1) is 0 Å². The van der Waals surface area contributed by atoms with Gasteiger partial charge in [0, 0.05) is 0 Å². The van der Waals surface area contributed by atoms with Gasteiger partial charge in [0.2, 0.25) is 0 Å². The summed E-state index contributed by atoms with van der Waals surface area (Å²) in [6.45, 7) is 9.47. The minimum atomic E-state index is 0. The summed E-state index contributed by atoms with van der Waals surface area (Å²) in [5.41, 5.74) is 0. The maximum Gasteiger partial charge on any atom is -0.00489 e. The van der Waals surface area contributed by atoms with Crippen molar-refractivity contribution in [1.82, 2.24) is 10.6 Å². The lowest BCUT2D eigenvalue weighted by molar-refractivity contribution is 0.532. The van der Waals surface area contributed by atoms with Crippen LogP contribution in [0.3, 0.4) is 0 Å². The second-order valence-electron chi connectivity index (χ2n) is 7.10. The van der Waals surface area contributed by atoms with Crippen LogP contribution in [-0.4, -0.2) is 26.2 Å². The lowest BCUT2D eigenvalue weighted by Gasteiger charge is -2.06. The summed E-state index contributed by atoms with van der Waals surface area (Å²) in [5.74, 6) is 0. The molecule has 0 aromatic carbocycles. The van der Waals surface area contributed by atoms with Crippen LogP contribution in [0.4, 0.5) is 0 Å². The molecule has 2 nitrogen and oxygen atoms in total.